The van der Waals surface area contributed by atoms with Gasteiger partial charge in [0.05, 0.1) is 5.56 Å². The van der Waals surface area contributed by atoms with Crippen LogP contribution in [0.25, 0.3) is 0 Å². The fourth-order valence-electron chi connectivity index (χ4n) is 3.93. The molecule has 148 valence electrons. The second-order valence-electron chi connectivity index (χ2n) is 7.52. The van der Waals surface area contributed by atoms with E-state index >= 15 is 0 Å². The topological polar surface area (TPSA) is 26.3 Å². The molecule has 2 aromatic carbocycles. The largest absolute Gasteiger partial charge is 0.423 e. The van der Waals surface area contributed by atoms with Gasteiger partial charge in [0.2, 0.25) is 0 Å². The van der Waals surface area contributed by atoms with Crippen molar-refractivity contribution in [3.63, 3.8) is 0 Å². The number of halogens is 2. The van der Waals surface area contributed by atoms with Gasteiger partial charge >= 0.3 is 5.97 Å². The van der Waals surface area contributed by atoms with Crippen LogP contribution in [-0.4, -0.2) is 5.97 Å². The Bertz CT molecular complexity index is 806. The van der Waals surface area contributed by atoms with Crippen molar-refractivity contribution in [2.24, 2.45) is 5.92 Å². The normalized spacial score (nSPS) is 19.2. The maximum absolute atomic E-state index is 13.2. The summed E-state index contributed by atoms with van der Waals surface area (Å²) >= 11 is 0. The smallest absolute Gasteiger partial charge is 0.343 e. The summed E-state index contributed by atoms with van der Waals surface area (Å²) in [4.78, 5) is 12.2. The molecular formula is C24H26F2O2. The van der Waals surface area contributed by atoms with Gasteiger partial charge < -0.3 is 4.74 Å². The average molecular weight is 384 g/mol. The van der Waals surface area contributed by atoms with Gasteiger partial charge in [-0.15, -0.1) is 6.58 Å². The van der Waals surface area contributed by atoms with E-state index < -0.39 is 17.6 Å². The van der Waals surface area contributed by atoms with Gasteiger partial charge in [0.25, 0.3) is 0 Å². The minimum atomic E-state index is -1.04. The summed E-state index contributed by atoms with van der Waals surface area (Å²) in [5.74, 6) is -1.25. The third-order valence-corrected chi connectivity index (χ3v) is 5.59. The van der Waals surface area contributed by atoms with E-state index in [9.17, 15) is 13.6 Å². The van der Waals surface area contributed by atoms with Gasteiger partial charge in [0, 0.05) is 6.07 Å². The first-order valence-electron chi connectivity index (χ1n) is 9.95. The molecule has 3 rings (SSSR count). The number of carbonyl (C=O) groups excluding carboxylic acids is 1. The van der Waals surface area contributed by atoms with Crippen LogP contribution in [-0.2, 0) is 0 Å². The van der Waals surface area contributed by atoms with Gasteiger partial charge in [-0.3, -0.25) is 0 Å². The highest BCUT2D eigenvalue weighted by molar-refractivity contribution is 5.91. The van der Waals surface area contributed by atoms with Crippen LogP contribution in [0, 0.1) is 17.6 Å². The predicted octanol–water partition coefficient (Wildman–Crippen LogP) is 6.81. The molecule has 1 fully saturated rings. The van der Waals surface area contributed by atoms with Crippen molar-refractivity contribution in [3.8, 4) is 5.75 Å². The molecule has 0 heterocycles. The molecule has 2 aromatic rings. The number of hydrogen-bond acceptors (Lipinski definition) is 2. The van der Waals surface area contributed by atoms with Crippen LogP contribution in [0.2, 0.25) is 0 Å². The molecule has 2 nitrogen and oxygen atoms in total. The van der Waals surface area contributed by atoms with E-state index in [1.165, 1.54) is 50.2 Å². The summed E-state index contributed by atoms with van der Waals surface area (Å²) in [7, 11) is 0. The van der Waals surface area contributed by atoms with Gasteiger partial charge in [0.15, 0.2) is 11.6 Å². The highest BCUT2D eigenvalue weighted by Crippen LogP contribution is 2.37. The van der Waals surface area contributed by atoms with Crippen LogP contribution >= 0.6 is 0 Å². The van der Waals surface area contributed by atoms with E-state index in [1.54, 1.807) is 12.1 Å². The van der Waals surface area contributed by atoms with E-state index in [-0.39, 0.29) is 5.75 Å². The molecule has 1 saturated carbocycles. The van der Waals surface area contributed by atoms with Gasteiger partial charge in [-0.1, -0.05) is 24.6 Å². The average Bonchev–Trinajstić information content (AvgIpc) is 2.72. The molecule has 0 aromatic heterocycles. The van der Waals surface area contributed by atoms with Crippen molar-refractivity contribution in [2.45, 2.75) is 50.9 Å². The number of benzene rings is 2. The van der Waals surface area contributed by atoms with Crippen molar-refractivity contribution < 1.29 is 18.3 Å². The van der Waals surface area contributed by atoms with Crippen molar-refractivity contribution in [1.29, 1.82) is 0 Å². The standard InChI is InChI=1S/C24H26F2O2/c1-2-3-4-5-17-6-8-18(9-7-17)19-10-12-20(13-11-19)24(27)28-21-14-15-22(25)23(26)16-21/h2,10-18H,1,3-9H2/t17-,18-. The van der Waals surface area contributed by atoms with Gasteiger partial charge in [0.1, 0.15) is 5.75 Å². The second kappa shape index (κ2) is 9.63. The third-order valence-electron chi connectivity index (χ3n) is 5.59. The predicted molar refractivity (Wildman–Crippen MR) is 107 cm³/mol. The Morgan fingerprint density at radius 1 is 1.04 bits per heavy atom. The molecule has 0 amide bonds. The van der Waals surface area contributed by atoms with E-state index in [0.717, 1.165) is 24.5 Å². The number of ether oxygens (including phenoxy) is 1. The van der Waals surface area contributed by atoms with Crippen LogP contribution in [0.5, 0.6) is 5.75 Å². The molecule has 4 heteroatoms. The van der Waals surface area contributed by atoms with Crippen molar-refractivity contribution in [2.75, 3.05) is 0 Å². The van der Waals surface area contributed by atoms with Gasteiger partial charge in [-0.25, -0.2) is 13.6 Å². The van der Waals surface area contributed by atoms with E-state index in [2.05, 4.69) is 6.58 Å². The minimum absolute atomic E-state index is 0.0113. The van der Waals surface area contributed by atoms with E-state index in [1.807, 2.05) is 18.2 Å². The van der Waals surface area contributed by atoms with Crippen LogP contribution in [0.15, 0.2) is 55.1 Å². The Morgan fingerprint density at radius 2 is 1.75 bits per heavy atom. The summed E-state index contributed by atoms with van der Waals surface area (Å²) in [5.41, 5.74) is 1.64. The first kappa shape index (κ1) is 20.2. The summed E-state index contributed by atoms with van der Waals surface area (Å²) in [6.07, 6.45) is 10.5. The maximum atomic E-state index is 13.2. The lowest BCUT2D eigenvalue weighted by molar-refractivity contribution is 0.0734. The SMILES string of the molecule is C=CCCC[C@H]1CC[C@H](c2ccc(C(=O)Oc3ccc(F)c(F)c3)cc2)CC1. The van der Waals surface area contributed by atoms with E-state index in [0.29, 0.717) is 11.5 Å². The Hall–Kier alpha value is -2.49. The van der Waals surface area contributed by atoms with Crippen molar-refractivity contribution >= 4 is 5.97 Å². The van der Waals surface area contributed by atoms with Crippen LogP contribution < -0.4 is 4.74 Å². The molecule has 0 bridgehead atoms. The molecule has 1 aliphatic rings. The Kier molecular flexibility index (Phi) is 6.96. The summed E-state index contributed by atoms with van der Waals surface area (Å²) in [5, 5.41) is 0. The van der Waals surface area contributed by atoms with Crippen molar-refractivity contribution in [1.82, 2.24) is 0 Å². The fraction of sp³-hybridized carbons (Fsp3) is 0.375. The highest BCUT2D eigenvalue weighted by Gasteiger charge is 2.22. The molecule has 0 saturated heterocycles. The zero-order chi connectivity index (χ0) is 19.9. The molecule has 28 heavy (non-hydrogen) atoms. The van der Waals surface area contributed by atoms with Gasteiger partial charge in [-0.2, -0.15) is 0 Å². The number of rotatable bonds is 7. The summed E-state index contributed by atoms with van der Waals surface area (Å²) < 4.78 is 31.3. The number of hydrogen-bond donors (Lipinski definition) is 0. The zero-order valence-electron chi connectivity index (χ0n) is 16.0. The zero-order valence-corrected chi connectivity index (χ0v) is 16.0. The molecular weight excluding hydrogens is 358 g/mol. The molecule has 0 spiro atoms. The Balaban J connectivity index is 1.54. The summed E-state index contributed by atoms with van der Waals surface area (Å²) in [6.45, 7) is 3.78. The molecule has 0 N–H and O–H groups in total. The Labute approximate surface area is 165 Å². The van der Waals surface area contributed by atoms with Gasteiger partial charge in [-0.05, 0) is 80.2 Å². The molecule has 0 unspecified atom stereocenters. The lowest BCUT2D eigenvalue weighted by atomic mass is 9.77. The van der Waals surface area contributed by atoms with E-state index in [4.69, 9.17) is 4.74 Å². The first-order valence-corrected chi connectivity index (χ1v) is 9.95. The number of esters is 1. The Morgan fingerprint density at radius 3 is 2.39 bits per heavy atom. The lowest BCUT2D eigenvalue weighted by Gasteiger charge is -2.28. The quantitative estimate of drug-likeness (QED) is 0.227. The minimum Gasteiger partial charge on any atom is -0.423 e. The van der Waals surface area contributed by atoms with Crippen LogP contribution in [0.4, 0.5) is 8.78 Å². The maximum Gasteiger partial charge on any atom is 0.343 e. The molecule has 0 radical (unpaired) electrons. The monoisotopic (exact) mass is 384 g/mol. The first-order chi connectivity index (χ1) is 13.6. The number of carbonyl (C=O) groups is 1. The lowest BCUT2D eigenvalue weighted by Crippen LogP contribution is -2.14. The van der Waals surface area contributed by atoms with Crippen LogP contribution in [0.3, 0.4) is 0 Å². The fourth-order valence-corrected chi connectivity index (χ4v) is 3.93. The third kappa shape index (κ3) is 5.28. The molecule has 1 aliphatic carbocycles. The van der Waals surface area contributed by atoms with Crippen LogP contribution in [0.1, 0.15) is 66.8 Å². The molecule has 0 aliphatic heterocycles. The summed E-state index contributed by atoms with van der Waals surface area (Å²) in [6, 6.07) is 10.5. The second-order valence-corrected chi connectivity index (χ2v) is 7.52. The highest BCUT2D eigenvalue weighted by atomic mass is 19.2. The van der Waals surface area contributed by atoms with Crippen molar-refractivity contribution in [3.05, 3.63) is 77.9 Å². The number of allylic oxidation sites excluding steroid dienone is 1. The number of unbranched alkanes of at least 4 members (excludes halogenated alkanes) is 1. The molecule has 0 atom stereocenters.